The van der Waals surface area contributed by atoms with Crippen LogP contribution in [0.3, 0.4) is 0 Å². The molecular formula is C11H17N3. The van der Waals surface area contributed by atoms with Gasteiger partial charge in [0.15, 0.2) is 0 Å². The minimum absolute atomic E-state index is 0.755. The molecule has 0 aliphatic carbocycles. The minimum atomic E-state index is 0.755. The number of amidine groups is 1. The van der Waals surface area contributed by atoms with Crippen LogP contribution in [0.25, 0.3) is 0 Å². The summed E-state index contributed by atoms with van der Waals surface area (Å²) >= 11 is 0. The molecule has 0 aromatic heterocycles. The van der Waals surface area contributed by atoms with Gasteiger partial charge in [0.05, 0.1) is 0 Å². The second kappa shape index (κ2) is 5.40. The lowest BCUT2D eigenvalue weighted by Crippen LogP contribution is -2.32. The number of nitrogens with two attached hydrogens (primary N) is 1. The zero-order valence-corrected chi connectivity index (χ0v) is 8.75. The zero-order chi connectivity index (χ0) is 10.4. The highest BCUT2D eigenvalue weighted by atomic mass is 15.2. The summed E-state index contributed by atoms with van der Waals surface area (Å²) in [6, 6.07) is 8.25. The topological polar surface area (TPSA) is 50.4 Å². The summed E-state index contributed by atoms with van der Waals surface area (Å²) < 4.78 is 0. The van der Waals surface area contributed by atoms with Crippen LogP contribution in [0.2, 0.25) is 0 Å². The molecule has 3 N–H and O–H groups in total. The first-order valence-corrected chi connectivity index (χ1v) is 4.82. The SMILES string of the molecule is CCN=C(Cc1ccccc1C)NN. The van der Waals surface area contributed by atoms with Crippen molar-refractivity contribution in [3.63, 3.8) is 0 Å². The Balaban J connectivity index is 2.77. The molecule has 3 nitrogen and oxygen atoms in total. The molecule has 0 aliphatic heterocycles. The molecule has 1 aromatic carbocycles. The van der Waals surface area contributed by atoms with Crippen molar-refractivity contribution in [2.24, 2.45) is 10.8 Å². The van der Waals surface area contributed by atoms with Crippen molar-refractivity contribution in [1.82, 2.24) is 5.43 Å². The van der Waals surface area contributed by atoms with Crippen LogP contribution in [0, 0.1) is 6.92 Å². The second-order valence-electron chi connectivity index (χ2n) is 3.17. The third-order valence-electron chi connectivity index (χ3n) is 2.13. The molecule has 3 heteroatoms. The van der Waals surface area contributed by atoms with Gasteiger partial charge in [0.25, 0.3) is 0 Å². The van der Waals surface area contributed by atoms with Gasteiger partial charge in [0, 0.05) is 13.0 Å². The van der Waals surface area contributed by atoms with Crippen molar-refractivity contribution in [3.8, 4) is 0 Å². The molecular weight excluding hydrogens is 174 g/mol. The molecule has 0 amide bonds. The van der Waals surface area contributed by atoms with Crippen molar-refractivity contribution >= 4 is 5.84 Å². The van der Waals surface area contributed by atoms with E-state index in [0.29, 0.717) is 0 Å². The first-order chi connectivity index (χ1) is 6.77. The fourth-order valence-corrected chi connectivity index (χ4v) is 1.33. The number of rotatable bonds is 3. The van der Waals surface area contributed by atoms with Crippen molar-refractivity contribution in [1.29, 1.82) is 0 Å². The van der Waals surface area contributed by atoms with Gasteiger partial charge in [-0.25, -0.2) is 5.84 Å². The zero-order valence-electron chi connectivity index (χ0n) is 8.75. The van der Waals surface area contributed by atoms with Gasteiger partial charge in [-0.3, -0.25) is 4.99 Å². The quantitative estimate of drug-likeness (QED) is 0.328. The smallest absolute Gasteiger partial charge is 0.115 e. The molecule has 1 aromatic rings. The average molecular weight is 191 g/mol. The summed E-state index contributed by atoms with van der Waals surface area (Å²) in [5.74, 6) is 6.21. The molecule has 14 heavy (non-hydrogen) atoms. The van der Waals surface area contributed by atoms with Crippen molar-refractivity contribution in [2.45, 2.75) is 20.3 Å². The molecule has 0 radical (unpaired) electrons. The Morgan fingerprint density at radius 1 is 1.43 bits per heavy atom. The standard InChI is InChI=1S/C11H17N3/c1-3-13-11(14-12)8-10-7-5-4-6-9(10)2/h4-7H,3,8,12H2,1-2H3,(H,13,14). The van der Waals surface area contributed by atoms with E-state index in [2.05, 4.69) is 29.5 Å². The molecule has 76 valence electrons. The van der Waals surface area contributed by atoms with Crippen molar-refractivity contribution in [2.75, 3.05) is 6.54 Å². The van der Waals surface area contributed by atoms with Gasteiger partial charge in [-0.05, 0) is 25.0 Å². The van der Waals surface area contributed by atoms with Crippen LogP contribution in [0.4, 0.5) is 0 Å². The lowest BCUT2D eigenvalue weighted by atomic mass is 10.1. The van der Waals surface area contributed by atoms with Gasteiger partial charge >= 0.3 is 0 Å². The van der Waals surface area contributed by atoms with Crippen LogP contribution in [0.1, 0.15) is 18.1 Å². The summed E-state index contributed by atoms with van der Waals surface area (Å²) in [6.07, 6.45) is 0.775. The monoisotopic (exact) mass is 191 g/mol. The average Bonchev–Trinajstić information content (AvgIpc) is 2.20. The van der Waals surface area contributed by atoms with Crippen LogP contribution < -0.4 is 11.3 Å². The summed E-state index contributed by atoms with van der Waals surface area (Å²) in [6.45, 7) is 4.84. The number of aliphatic imine (C=N–C) groups is 1. The van der Waals surface area contributed by atoms with E-state index in [1.165, 1.54) is 11.1 Å². The number of hydrogen-bond acceptors (Lipinski definition) is 2. The molecule has 0 saturated carbocycles. The highest BCUT2D eigenvalue weighted by Crippen LogP contribution is 2.07. The summed E-state index contributed by atoms with van der Waals surface area (Å²) in [5, 5.41) is 0. The number of hydrogen-bond donors (Lipinski definition) is 2. The van der Waals surface area contributed by atoms with E-state index in [-0.39, 0.29) is 0 Å². The van der Waals surface area contributed by atoms with Gasteiger partial charge < -0.3 is 5.43 Å². The summed E-state index contributed by atoms with van der Waals surface area (Å²) in [5.41, 5.74) is 5.16. The van der Waals surface area contributed by atoms with E-state index in [1.54, 1.807) is 0 Å². The Kier molecular flexibility index (Phi) is 4.13. The van der Waals surface area contributed by atoms with E-state index in [9.17, 15) is 0 Å². The number of nitrogens with zero attached hydrogens (tertiary/aromatic N) is 1. The number of aryl methyl sites for hydroxylation is 1. The maximum atomic E-state index is 5.38. The summed E-state index contributed by atoms with van der Waals surface area (Å²) in [4.78, 5) is 4.26. The highest BCUT2D eigenvalue weighted by Gasteiger charge is 2.01. The van der Waals surface area contributed by atoms with Crippen LogP contribution in [-0.2, 0) is 6.42 Å². The summed E-state index contributed by atoms with van der Waals surface area (Å²) in [7, 11) is 0. The molecule has 1 rings (SSSR count). The van der Waals surface area contributed by atoms with Crippen LogP contribution >= 0.6 is 0 Å². The molecule has 0 heterocycles. The third kappa shape index (κ3) is 2.85. The Morgan fingerprint density at radius 3 is 2.71 bits per heavy atom. The van der Waals surface area contributed by atoms with Gasteiger partial charge in [-0.1, -0.05) is 24.3 Å². The molecule has 0 unspecified atom stereocenters. The molecule has 0 bridgehead atoms. The van der Waals surface area contributed by atoms with Gasteiger partial charge in [0.1, 0.15) is 5.84 Å². The third-order valence-corrected chi connectivity index (χ3v) is 2.13. The Hall–Kier alpha value is -1.35. The minimum Gasteiger partial charge on any atom is -0.312 e. The Bertz CT molecular complexity index is 318. The number of nitrogens with one attached hydrogen (secondary N) is 1. The van der Waals surface area contributed by atoms with Crippen LogP contribution in [0.15, 0.2) is 29.3 Å². The maximum Gasteiger partial charge on any atom is 0.115 e. The van der Waals surface area contributed by atoms with Crippen LogP contribution in [-0.4, -0.2) is 12.4 Å². The van der Waals surface area contributed by atoms with E-state index >= 15 is 0 Å². The van der Waals surface area contributed by atoms with E-state index in [4.69, 9.17) is 5.84 Å². The molecule has 0 spiro atoms. The molecule has 0 aliphatic rings. The Labute approximate surface area is 85.0 Å². The van der Waals surface area contributed by atoms with Crippen molar-refractivity contribution in [3.05, 3.63) is 35.4 Å². The van der Waals surface area contributed by atoms with Gasteiger partial charge in [0.2, 0.25) is 0 Å². The maximum absolute atomic E-state index is 5.38. The predicted octanol–water partition coefficient (Wildman–Crippen LogP) is 1.42. The normalized spacial score (nSPS) is 11.5. The van der Waals surface area contributed by atoms with Crippen LogP contribution in [0.5, 0.6) is 0 Å². The van der Waals surface area contributed by atoms with Gasteiger partial charge in [-0.2, -0.15) is 0 Å². The van der Waals surface area contributed by atoms with Crippen molar-refractivity contribution < 1.29 is 0 Å². The fraction of sp³-hybridized carbons (Fsp3) is 0.364. The fourth-order valence-electron chi connectivity index (χ4n) is 1.33. The Morgan fingerprint density at radius 2 is 2.14 bits per heavy atom. The second-order valence-corrected chi connectivity index (χ2v) is 3.17. The highest BCUT2D eigenvalue weighted by molar-refractivity contribution is 5.84. The lowest BCUT2D eigenvalue weighted by molar-refractivity contribution is 0.955. The van der Waals surface area contributed by atoms with E-state index in [1.807, 2.05) is 19.1 Å². The number of hydrazine groups is 1. The first kappa shape index (κ1) is 10.7. The molecule has 0 saturated heterocycles. The lowest BCUT2D eigenvalue weighted by Gasteiger charge is -2.07. The largest absolute Gasteiger partial charge is 0.312 e. The molecule has 0 fully saturated rings. The van der Waals surface area contributed by atoms with E-state index < -0.39 is 0 Å². The van der Waals surface area contributed by atoms with Gasteiger partial charge in [-0.15, -0.1) is 0 Å². The van der Waals surface area contributed by atoms with E-state index in [0.717, 1.165) is 18.8 Å². The predicted molar refractivity (Wildman–Crippen MR) is 60.2 cm³/mol. The molecule has 0 atom stereocenters. The number of benzene rings is 1. The first-order valence-electron chi connectivity index (χ1n) is 4.82.